The Bertz CT molecular complexity index is 632. The van der Waals surface area contributed by atoms with Crippen molar-refractivity contribution in [2.75, 3.05) is 0 Å². The number of hydrogen-bond donors (Lipinski definition) is 0. The van der Waals surface area contributed by atoms with E-state index in [0.717, 1.165) is 16.7 Å². The average Bonchev–Trinajstić information content (AvgIpc) is 2.87. The number of halogens is 1. The maximum absolute atomic E-state index is 5.53. The zero-order chi connectivity index (χ0) is 11.0. The summed E-state index contributed by atoms with van der Waals surface area (Å²) in [5, 5.41) is 12.3. The van der Waals surface area contributed by atoms with Gasteiger partial charge in [-0.3, -0.25) is 0 Å². The molecule has 0 aliphatic heterocycles. The van der Waals surface area contributed by atoms with Gasteiger partial charge in [-0.2, -0.15) is 0 Å². The van der Waals surface area contributed by atoms with Crippen LogP contribution in [0.4, 0.5) is 0 Å². The van der Waals surface area contributed by atoms with Crippen LogP contribution >= 0.6 is 11.6 Å². The predicted octanol–water partition coefficient (Wildman–Crippen LogP) is 2.46. The van der Waals surface area contributed by atoms with Gasteiger partial charge in [0.2, 0.25) is 5.89 Å². The number of nitrogens with zero attached hydrogens (tertiary/aromatic N) is 3. The highest BCUT2D eigenvalue weighted by Gasteiger charge is 2.11. The number of aromatic nitrogens is 3. The van der Waals surface area contributed by atoms with E-state index in [-0.39, 0.29) is 5.35 Å². The first-order valence-corrected chi connectivity index (χ1v) is 5.02. The monoisotopic (exact) mass is 235 g/mol. The highest BCUT2D eigenvalue weighted by molar-refractivity contribution is 6.27. The molecule has 0 saturated heterocycles. The molecule has 0 unspecified atom stereocenters. The molecule has 3 rings (SSSR count). The third kappa shape index (κ3) is 1.55. The molecule has 1 aromatic carbocycles. The molecule has 2 heterocycles. The quantitative estimate of drug-likeness (QED) is 0.683. The Morgan fingerprint density at radius 1 is 1.19 bits per heavy atom. The lowest BCUT2D eigenvalue weighted by Crippen LogP contribution is -1.88. The third-order valence-electron chi connectivity index (χ3n) is 2.21. The third-order valence-corrected chi connectivity index (χ3v) is 2.37. The van der Waals surface area contributed by atoms with Crippen molar-refractivity contribution in [3.05, 3.63) is 41.2 Å². The molecule has 0 N–H and O–H groups in total. The summed E-state index contributed by atoms with van der Waals surface area (Å²) in [4.78, 5) is 0. The fourth-order valence-corrected chi connectivity index (χ4v) is 1.64. The summed E-state index contributed by atoms with van der Waals surface area (Å²) in [7, 11) is 0. The van der Waals surface area contributed by atoms with Crippen molar-refractivity contribution in [3.63, 3.8) is 0 Å². The van der Waals surface area contributed by atoms with Gasteiger partial charge >= 0.3 is 5.35 Å². The van der Waals surface area contributed by atoms with Gasteiger partial charge in [0.1, 0.15) is 5.69 Å². The molecule has 6 heteroatoms. The van der Waals surface area contributed by atoms with Crippen LogP contribution in [0.5, 0.6) is 0 Å². The van der Waals surface area contributed by atoms with Crippen LogP contribution in [0.3, 0.4) is 0 Å². The van der Waals surface area contributed by atoms with Gasteiger partial charge in [-0.1, -0.05) is 22.4 Å². The number of benzene rings is 1. The highest BCUT2D eigenvalue weighted by atomic mass is 35.5. The van der Waals surface area contributed by atoms with Crippen molar-refractivity contribution < 1.29 is 8.94 Å². The summed E-state index contributed by atoms with van der Waals surface area (Å²) in [5.41, 5.74) is 1.50. The van der Waals surface area contributed by atoms with Crippen LogP contribution < -0.4 is 0 Å². The van der Waals surface area contributed by atoms with Crippen LogP contribution in [-0.4, -0.2) is 15.4 Å². The zero-order valence-electron chi connectivity index (χ0n) is 8.05. The number of fused-ring (bicyclic) bond motifs is 1. The molecule has 0 saturated carbocycles. The van der Waals surface area contributed by atoms with Gasteiger partial charge in [0.25, 0.3) is 0 Å². The van der Waals surface area contributed by atoms with Crippen molar-refractivity contribution in [1.82, 2.24) is 15.4 Å². The Balaban J connectivity index is 2.00. The average molecular weight is 236 g/mol. The van der Waals surface area contributed by atoms with E-state index in [9.17, 15) is 0 Å². The highest BCUT2D eigenvalue weighted by Crippen LogP contribution is 2.20. The van der Waals surface area contributed by atoms with Gasteiger partial charge in [-0.05, 0) is 23.7 Å². The topological polar surface area (TPSA) is 65.0 Å². The van der Waals surface area contributed by atoms with Crippen molar-refractivity contribution in [3.8, 4) is 0 Å². The largest absolute Gasteiger partial charge is 0.412 e. The SMILES string of the molecule is Clc1nnc(Cc2noc3ccccc23)o1. The standard InChI is InChI=1S/C10H6ClN3O2/c11-10-13-12-9(15-10)5-7-6-3-1-2-4-8(6)16-14-7/h1-4H,5H2. The molecule has 3 aromatic rings. The molecule has 0 amide bonds. The second kappa shape index (κ2) is 3.61. The normalized spacial score (nSPS) is 11.1. The van der Waals surface area contributed by atoms with E-state index < -0.39 is 0 Å². The summed E-state index contributed by atoms with van der Waals surface area (Å²) >= 11 is 5.53. The molecular formula is C10H6ClN3O2. The van der Waals surface area contributed by atoms with Gasteiger partial charge in [0.15, 0.2) is 5.58 Å². The van der Waals surface area contributed by atoms with Crippen LogP contribution in [-0.2, 0) is 6.42 Å². The van der Waals surface area contributed by atoms with Crippen LogP contribution in [0, 0.1) is 0 Å². The number of rotatable bonds is 2. The molecule has 5 nitrogen and oxygen atoms in total. The number of para-hydroxylation sites is 1. The second-order valence-corrected chi connectivity index (χ2v) is 3.57. The molecule has 16 heavy (non-hydrogen) atoms. The first-order chi connectivity index (χ1) is 7.83. The summed E-state index contributed by atoms with van der Waals surface area (Å²) < 4.78 is 10.2. The Morgan fingerprint density at radius 3 is 2.88 bits per heavy atom. The summed E-state index contributed by atoms with van der Waals surface area (Å²) in [6, 6.07) is 7.59. The van der Waals surface area contributed by atoms with Crippen LogP contribution in [0.1, 0.15) is 11.6 Å². The Hall–Kier alpha value is -1.88. The van der Waals surface area contributed by atoms with E-state index in [4.69, 9.17) is 20.5 Å². The van der Waals surface area contributed by atoms with Crippen molar-refractivity contribution in [2.45, 2.75) is 6.42 Å². The Labute approximate surface area is 95.0 Å². The maximum atomic E-state index is 5.53. The second-order valence-electron chi connectivity index (χ2n) is 3.25. The van der Waals surface area contributed by atoms with E-state index in [2.05, 4.69) is 15.4 Å². The molecule has 80 valence electrons. The number of hydrogen-bond acceptors (Lipinski definition) is 5. The van der Waals surface area contributed by atoms with Crippen LogP contribution in [0.2, 0.25) is 5.35 Å². The van der Waals surface area contributed by atoms with Crippen molar-refractivity contribution >= 4 is 22.6 Å². The molecule has 0 spiro atoms. The molecule has 0 aliphatic carbocycles. The van der Waals surface area contributed by atoms with Gasteiger partial charge in [0.05, 0.1) is 6.42 Å². The lowest BCUT2D eigenvalue weighted by Gasteiger charge is -1.89. The molecule has 0 atom stereocenters. The van der Waals surface area contributed by atoms with E-state index in [1.54, 1.807) is 0 Å². The predicted molar refractivity (Wildman–Crippen MR) is 56.1 cm³/mol. The zero-order valence-corrected chi connectivity index (χ0v) is 8.81. The van der Waals surface area contributed by atoms with Crippen LogP contribution in [0.15, 0.2) is 33.2 Å². The van der Waals surface area contributed by atoms with Gasteiger partial charge in [-0.25, -0.2) is 0 Å². The van der Waals surface area contributed by atoms with Gasteiger partial charge < -0.3 is 8.94 Å². The minimum absolute atomic E-state index is 0.0304. The lowest BCUT2D eigenvalue weighted by atomic mass is 10.2. The minimum atomic E-state index is 0.0304. The van der Waals surface area contributed by atoms with Crippen molar-refractivity contribution in [2.24, 2.45) is 0 Å². The maximum Gasteiger partial charge on any atom is 0.312 e. The molecule has 0 fully saturated rings. The molecule has 0 aliphatic rings. The molecule has 0 radical (unpaired) electrons. The smallest absolute Gasteiger partial charge is 0.312 e. The lowest BCUT2D eigenvalue weighted by molar-refractivity contribution is 0.440. The van der Waals surface area contributed by atoms with Gasteiger partial charge in [0, 0.05) is 5.39 Å². The summed E-state index contributed by atoms with van der Waals surface area (Å²) in [6.45, 7) is 0. The summed E-state index contributed by atoms with van der Waals surface area (Å²) in [5.74, 6) is 0.420. The minimum Gasteiger partial charge on any atom is -0.412 e. The van der Waals surface area contributed by atoms with E-state index in [1.165, 1.54) is 0 Å². The molecule has 2 aromatic heterocycles. The van der Waals surface area contributed by atoms with Crippen LogP contribution in [0.25, 0.3) is 11.0 Å². The van der Waals surface area contributed by atoms with E-state index in [0.29, 0.717) is 12.3 Å². The first kappa shape index (κ1) is 9.35. The fraction of sp³-hybridized carbons (Fsp3) is 0.100. The Morgan fingerprint density at radius 2 is 2.06 bits per heavy atom. The fourth-order valence-electron chi connectivity index (χ4n) is 1.51. The van der Waals surface area contributed by atoms with Crippen molar-refractivity contribution in [1.29, 1.82) is 0 Å². The van der Waals surface area contributed by atoms with Gasteiger partial charge in [-0.15, -0.1) is 5.10 Å². The van der Waals surface area contributed by atoms with E-state index >= 15 is 0 Å². The van der Waals surface area contributed by atoms with E-state index in [1.807, 2.05) is 24.3 Å². The summed E-state index contributed by atoms with van der Waals surface area (Å²) in [6.07, 6.45) is 0.413. The molecule has 0 bridgehead atoms. The Kier molecular flexibility index (Phi) is 2.11. The first-order valence-electron chi connectivity index (χ1n) is 4.64. The molecular weight excluding hydrogens is 230 g/mol.